The zero-order valence-electron chi connectivity index (χ0n) is 10.5. The summed E-state index contributed by atoms with van der Waals surface area (Å²) in [5.74, 6) is -1.72. The van der Waals surface area contributed by atoms with Crippen molar-refractivity contribution in [3.05, 3.63) is 46.8 Å². The van der Waals surface area contributed by atoms with Crippen molar-refractivity contribution in [2.75, 3.05) is 11.4 Å². The predicted molar refractivity (Wildman–Crippen MR) is 72.0 cm³/mol. The van der Waals surface area contributed by atoms with E-state index in [1.54, 1.807) is 31.2 Å². The summed E-state index contributed by atoms with van der Waals surface area (Å²) in [4.78, 5) is 24.3. The Bertz CT molecular complexity index is 636. The van der Waals surface area contributed by atoms with Gasteiger partial charge < -0.3 is 9.63 Å². The lowest BCUT2D eigenvalue weighted by Crippen LogP contribution is -2.35. The second-order valence-corrected chi connectivity index (χ2v) is 4.53. The SMILES string of the molecule is Cc1cc(C(=O)N(CC(=O)O)c2ccc(Cl)cc2)on1. The first-order chi connectivity index (χ1) is 9.47. The molecule has 1 amide bonds. The molecule has 7 heteroatoms. The second kappa shape index (κ2) is 5.75. The molecule has 0 aliphatic carbocycles. The average Bonchev–Trinajstić information content (AvgIpc) is 2.83. The van der Waals surface area contributed by atoms with Gasteiger partial charge in [-0.3, -0.25) is 14.5 Å². The molecule has 20 heavy (non-hydrogen) atoms. The Labute approximate surface area is 119 Å². The van der Waals surface area contributed by atoms with Gasteiger partial charge in [0.05, 0.1) is 5.69 Å². The standard InChI is InChI=1S/C13H11ClN2O4/c1-8-6-11(20-15-8)13(19)16(7-12(17)18)10-4-2-9(14)3-5-10/h2-6H,7H2,1H3,(H,17,18). The van der Waals surface area contributed by atoms with E-state index in [0.29, 0.717) is 16.4 Å². The molecule has 2 aromatic rings. The van der Waals surface area contributed by atoms with Gasteiger partial charge in [0.1, 0.15) is 6.54 Å². The number of carboxylic acids is 1. The number of carbonyl (C=O) groups is 2. The van der Waals surface area contributed by atoms with Crippen LogP contribution in [0.4, 0.5) is 5.69 Å². The first-order valence-electron chi connectivity index (χ1n) is 5.70. The van der Waals surface area contributed by atoms with E-state index < -0.39 is 18.4 Å². The van der Waals surface area contributed by atoms with Crippen LogP contribution in [-0.2, 0) is 4.79 Å². The molecule has 0 spiro atoms. The molecular formula is C13H11ClN2O4. The number of halogens is 1. The van der Waals surface area contributed by atoms with Gasteiger partial charge in [0.15, 0.2) is 0 Å². The summed E-state index contributed by atoms with van der Waals surface area (Å²) < 4.78 is 4.87. The molecule has 0 aliphatic heterocycles. The maximum absolute atomic E-state index is 12.3. The number of anilines is 1. The van der Waals surface area contributed by atoms with Crippen molar-refractivity contribution < 1.29 is 19.2 Å². The Morgan fingerprint density at radius 1 is 1.35 bits per heavy atom. The Kier molecular flexibility index (Phi) is 4.05. The van der Waals surface area contributed by atoms with Gasteiger partial charge in [0, 0.05) is 16.8 Å². The summed E-state index contributed by atoms with van der Waals surface area (Å²) in [6.45, 7) is 1.18. The van der Waals surface area contributed by atoms with Gasteiger partial charge in [-0.25, -0.2) is 0 Å². The van der Waals surface area contributed by atoms with Crippen LogP contribution in [0, 0.1) is 6.92 Å². The molecule has 104 valence electrons. The third-order valence-electron chi connectivity index (χ3n) is 2.52. The van der Waals surface area contributed by atoms with E-state index in [0.717, 1.165) is 4.90 Å². The summed E-state index contributed by atoms with van der Waals surface area (Å²) in [6, 6.07) is 7.72. The third-order valence-corrected chi connectivity index (χ3v) is 2.77. The van der Waals surface area contributed by atoms with Crippen LogP contribution in [0.25, 0.3) is 0 Å². The minimum atomic E-state index is -1.13. The van der Waals surface area contributed by atoms with Gasteiger partial charge in [-0.2, -0.15) is 0 Å². The average molecular weight is 295 g/mol. The third kappa shape index (κ3) is 3.16. The number of aryl methyl sites for hydroxylation is 1. The molecule has 0 saturated carbocycles. The minimum absolute atomic E-state index is 0.0151. The van der Waals surface area contributed by atoms with Crippen molar-refractivity contribution in [2.24, 2.45) is 0 Å². The highest BCUT2D eigenvalue weighted by molar-refractivity contribution is 6.30. The normalized spacial score (nSPS) is 10.3. The highest BCUT2D eigenvalue weighted by Crippen LogP contribution is 2.20. The van der Waals surface area contributed by atoms with Crippen LogP contribution in [0.1, 0.15) is 16.2 Å². The van der Waals surface area contributed by atoms with Crippen molar-refractivity contribution in [1.29, 1.82) is 0 Å². The molecule has 0 fully saturated rings. The van der Waals surface area contributed by atoms with E-state index in [-0.39, 0.29) is 5.76 Å². The van der Waals surface area contributed by atoms with Crippen LogP contribution >= 0.6 is 11.6 Å². The quantitative estimate of drug-likeness (QED) is 0.936. The van der Waals surface area contributed by atoms with Crippen LogP contribution in [-0.4, -0.2) is 28.7 Å². The number of carbonyl (C=O) groups excluding carboxylic acids is 1. The Morgan fingerprint density at radius 3 is 2.50 bits per heavy atom. The topological polar surface area (TPSA) is 83.6 Å². The number of nitrogens with zero attached hydrogens (tertiary/aromatic N) is 2. The summed E-state index contributed by atoms with van der Waals surface area (Å²) in [5, 5.41) is 13.0. The van der Waals surface area contributed by atoms with Crippen LogP contribution in [0.5, 0.6) is 0 Å². The summed E-state index contributed by atoms with van der Waals surface area (Å²) in [5.41, 5.74) is 0.954. The lowest BCUT2D eigenvalue weighted by atomic mass is 10.2. The summed E-state index contributed by atoms with van der Waals surface area (Å²) >= 11 is 5.77. The van der Waals surface area contributed by atoms with Crippen molar-refractivity contribution in [2.45, 2.75) is 6.92 Å². The molecule has 0 radical (unpaired) electrons. The molecule has 6 nitrogen and oxygen atoms in total. The first-order valence-corrected chi connectivity index (χ1v) is 6.07. The van der Waals surface area contributed by atoms with Crippen LogP contribution < -0.4 is 4.90 Å². The van der Waals surface area contributed by atoms with Gasteiger partial charge >= 0.3 is 5.97 Å². The van der Waals surface area contributed by atoms with E-state index in [2.05, 4.69) is 5.16 Å². The van der Waals surface area contributed by atoms with Crippen LogP contribution in [0.2, 0.25) is 5.02 Å². The fourth-order valence-corrected chi connectivity index (χ4v) is 1.76. The molecule has 2 rings (SSSR count). The van der Waals surface area contributed by atoms with Gasteiger partial charge in [-0.05, 0) is 31.2 Å². The van der Waals surface area contributed by atoms with E-state index in [1.807, 2.05) is 0 Å². The maximum Gasteiger partial charge on any atom is 0.323 e. The highest BCUT2D eigenvalue weighted by Gasteiger charge is 2.23. The van der Waals surface area contributed by atoms with E-state index in [9.17, 15) is 9.59 Å². The van der Waals surface area contributed by atoms with E-state index in [1.165, 1.54) is 6.07 Å². The number of hydrogen-bond donors (Lipinski definition) is 1. The Morgan fingerprint density at radius 2 is 2.00 bits per heavy atom. The first kappa shape index (κ1) is 14.1. The maximum atomic E-state index is 12.3. The van der Waals surface area contributed by atoms with E-state index in [4.69, 9.17) is 21.2 Å². The molecule has 0 bridgehead atoms. The highest BCUT2D eigenvalue weighted by atomic mass is 35.5. The fraction of sp³-hybridized carbons (Fsp3) is 0.154. The van der Waals surface area contributed by atoms with Crippen LogP contribution in [0.3, 0.4) is 0 Å². The number of carboxylic acid groups (broad SMARTS) is 1. The Balaban J connectivity index is 2.34. The molecule has 0 unspecified atom stereocenters. The van der Waals surface area contributed by atoms with Gasteiger partial charge in [0.25, 0.3) is 5.91 Å². The van der Waals surface area contributed by atoms with Crippen LogP contribution in [0.15, 0.2) is 34.9 Å². The number of hydrogen-bond acceptors (Lipinski definition) is 4. The fourth-order valence-electron chi connectivity index (χ4n) is 1.63. The molecule has 1 N–H and O–H groups in total. The number of aromatic nitrogens is 1. The van der Waals surface area contributed by atoms with Crippen molar-refractivity contribution in [3.63, 3.8) is 0 Å². The molecule has 1 heterocycles. The summed E-state index contributed by atoms with van der Waals surface area (Å²) in [7, 11) is 0. The smallest absolute Gasteiger partial charge is 0.323 e. The van der Waals surface area contributed by atoms with Crippen molar-refractivity contribution in [3.8, 4) is 0 Å². The van der Waals surface area contributed by atoms with Gasteiger partial charge in [-0.1, -0.05) is 16.8 Å². The zero-order valence-corrected chi connectivity index (χ0v) is 11.3. The lowest BCUT2D eigenvalue weighted by Gasteiger charge is -2.19. The second-order valence-electron chi connectivity index (χ2n) is 4.09. The molecular weight excluding hydrogens is 284 g/mol. The molecule has 0 saturated heterocycles. The number of rotatable bonds is 4. The molecule has 1 aromatic carbocycles. The zero-order chi connectivity index (χ0) is 14.7. The largest absolute Gasteiger partial charge is 0.480 e. The molecule has 0 atom stereocenters. The number of amides is 1. The van der Waals surface area contributed by atoms with Crippen molar-refractivity contribution >= 4 is 29.2 Å². The minimum Gasteiger partial charge on any atom is -0.480 e. The van der Waals surface area contributed by atoms with Gasteiger partial charge in [-0.15, -0.1) is 0 Å². The number of benzene rings is 1. The number of aliphatic carboxylic acids is 1. The Hall–Kier alpha value is -2.34. The monoisotopic (exact) mass is 294 g/mol. The molecule has 0 aliphatic rings. The van der Waals surface area contributed by atoms with E-state index >= 15 is 0 Å². The van der Waals surface area contributed by atoms with Crippen molar-refractivity contribution in [1.82, 2.24) is 5.16 Å². The lowest BCUT2D eigenvalue weighted by molar-refractivity contribution is -0.135. The predicted octanol–water partition coefficient (Wildman–Crippen LogP) is 2.37. The summed E-state index contributed by atoms with van der Waals surface area (Å²) in [6.07, 6.45) is 0. The molecule has 1 aromatic heterocycles. The van der Waals surface area contributed by atoms with Gasteiger partial charge in [0.2, 0.25) is 5.76 Å².